The number of nitrogens with zero attached hydrogens (tertiary/aromatic N) is 2. The van der Waals surface area contributed by atoms with E-state index in [0.29, 0.717) is 16.5 Å². The number of para-hydroxylation sites is 1. The maximum Gasteiger partial charge on any atom is 0.265 e. The fraction of sp³-hybridized carbons (Fsp3) is 0.214. The van der Waals surface area contributed by atoms with Gasteiger partial charge in [0.2, 0.25) is 5.91 Å². The SMILES string of the molecule is CN(CCNC(=O)CN1C(=O)C(=Cc2cccc(Cl)c2)Sc2ccccc21)CCc1ccccc1. The van der Waals surface area contributed by atoms with Gasteiger partial charge in [0, 0.05) is 29.6 Å². The van der Waals surface area contributed by atoms with Crippen molar-refractivity contribution in [3.8, 4) is 0 Å². The van der Waals surface area contributed by atoms with Crippen LogP contribution in [0.2, 0.25) is 5.02 Å². The lowest BCUT2D eigenvalue weighted by Crippen LogP contribution is -2.44. The molecule has 4 rings (SSSR count). The number of fused-ring (bicyclic) bond motifs is 1. The summed E-state index contributed by atoms with van der Waals surface area (Å²) >= 11 is 7.52. The molecule has 35 heavy (non-hydrogen) atoms. The van der Waals surface area contributed by atoms with Crippen molar-refractivity contribution in [3.63, 3.8) is 0 Å². The molecule has 0 radical (unpaired) electrons. The minimum Gasteiger partial charge on any atom is -0.353 e. The first kappa shape index (κ1) is 25.0. The highest BCUT2D eigenvalue weighted by molar-refractivity contribution is 8.04. The van der Waals surface area contributed by atoms with Crippen molar-refractivity contribution in [2.75, 3.05) is 38.1 Å². The zero-order valence-corrected chi connectivity index (χ0v) is 21.2. The number of thioether (sulfide) groups is 1. The van der Waals surface area contributed by atoms with Gasteiger partial charge in [-0.25, -0.2) is 0 Å². The number of nitrogens with one attached hydrogen (secondary N) is 1. The fourth-order valence-corrected chi connectivity index (χ4v) is 5.09. The molecule has 7 heteroatoms. The summed E-state index contributed by atoms with van der Waals surface area (Å²) in [5.74, 6) is -0.373. The number of hydrogen-bond acceptors (Lipinski definition) is 4. The highest BCUT2D eigenvalue weighted by Crippen LogP contribution is 2.41. The van der Waals surface area contributed by atoms with Gasteiger partial charge >= 0.3 is 0 Å². The molecule has 0 unspecified atom stereocenters. The molecule has 2 amide bonds. The minimum absolute atomic E-state index is 0.0307. The van der Waals surface area contributed by atoms with Crippen molar-refractivity contribution in [2.24, 2.45) is 0 Å². The van der Waals surface area contributed by atoms with Crippen LogP contribution in [0.25, 0.3) is 6.08 Å². The van der Waals surface area contributed by atoms with Crippen LogP contribution in [0.1, 0.15) is 11.1 Å². The highest BCUT2D eigenvalue weighted by atomic mass is 35.5. The molecule has 1 N–H and O–H groups in total. The molecule has 0 saturated heterocycles. The van der Waals surface area contributed by atoms with Gasteiger partial charge in [-0.3, -0.25) is 14.5 Å². The topological polar surface area (TPSA) is 52.7 Å². The van der Waals surface area contributed by atoms with E-state index in [0.717, 1.165) is 35.7 Å². The van der Waals surface area contributed by atoms with Crippen LogP contribution in [-0.2, 0) is 16.0 Å². The van der Waals surface area contributed by atoms with Gasteiger partial charge in [0.1, 0.15) is 6.54 Å². The third kappa shape index (κ3) is 6.98. The molecule has 1 aliphatic rings. The molecule has 3 aromatic rings. The van der Waals surface area contributed by atoms with Crippen molar-refractivity contribution in [1.29, 1.82) is 0 Å². The Hall–Kier alpha value is -3.06. The number of amides is 2. The van der Waals surface area contributed by atoms with E-state index in [1.807, 2.05) is 73.8 Å². The maximum absolute atomic E-state index is 13.3. The molecule has 5 nitrogen and oxygen atoms in total. The zero-order chi connectivity index (χ0) is 24.6. The Balaban J connectivity index is 1.36. The molecule has 0 aliphatic carbocycles. The average Bonchev–Trinajstić information content (AvgIpc) is 2.86. The van der Waals surface area contributed by atoms with Gasteiger partial charge in [0.15, 0.2) is 0 Å². The lowest BCUT2D eigenvalue weighted by molar-refractivity contribution is -0.122. The molecule has 0 spiro atoms. The van der Waals surface area contributed by atoms with Crippen LogP contribution in [0.3, 0.4) is 0 Å². The van der Waals surface area contributed by atoms with Gasteiger partial charge in [-0.05, 0) is 54.9 Å². The number of anilines is 1. The number of hydrogen-bond donors (Lipinski definition) is 1. The number of likely N-dealkylation sites (N-methyl/N-ethyl adjacent to an activating group) is 1. The largest absolute Gasteiger partial charge is 0.353 e. The Labute approximate surface area is 215 Å². The summed E-state index contributed by atoms with van der Waals surface area (Å²) in [5.41, 5.74) is 2.89. The molecular weight excluding hydrogens is 478 g/mol. The Morgan fingerprint density at radius 2 is 1.80 bits per heavy atom. The second kappa shape index (κ2) is 12.1. The summed E-state index contributed by atoms with van der Waals surface area (Å²) < 4.78 is 0. The first-order valence-corrected chi connectivity index (χ1v) is 12.7. The van der Waals surface area contributed by atoms with Crippen LogP contribution in [0.4, 0.5) is 5.69 Å². The second-order valence-electron chi connectivity index (χ2n) is 8.41. The lowest BCUT2D eigenvalue weighted by Gasteiger charge is -2.30. The van der Waals surface area contributed by atoms with Crippen molar-refractivity contribution in [2.45, 2.75) is 11.3 Å². The third-order valence-corrected chi connectivity index (χ3v) is 7.03. The van der Waals surface area contributed by atoms with Gasteiger partial charge in [-0.2, -0.15) is 0 Å². The van der Waals surface area contributed by atoms with Gasteiger partial charge in [0.25, 0.3) is 5.91 Å². The third-order valence-electron chi connectivity index (χ3n) is 5.72. The van der Waals surface area contributed by atoms with Crippen LogP contribution in [-0.4, -0.2) is 49.9 Å². The van der Waals surface area contributed by atoms with Crippen LogP contribution in [0.15, 0.2) is 88.7 Å². The van der Waals surface area contributed by atoms with Crippen LogP contribution in [0.5, 0.6) is 0 Å². The normalized spacial score (nSPS) is 14.3. The first-order valence-electron chi connectivity index (χ1n) is 11.5. The van der Waals surface area contributed by atoms with E-state index in [2.05, 4.69) is 22.3 Å². The minimum atomic E-state index is -0.191. The van der Waals surface area contributed by atoms with Crippen molar-refractivity contribution in [3.05, 3.63) is 99.9 Å². The Bertz CT molecular complexity index is 1220. The summed E-state index contributed by atoms with van der Waals surface area (Å²) in [5, 5.41) is 3.57. The monoisotopic (exact) mass is 505 g/mol. The number of carbonyl (C=O) groups is 2. The fourth-order valence-electron chi connectivity index (χ4n) is 3.83. The summed E-state index contributed by atoms with van der Waals surface area (Å²) in [6, 6.07) is 25.4. The molecule has 1 aliphatic heterocycles. The molecule has 0 aromatic heterocycles. The standard InChI is InChI=1S/C28H28ClN3O2S/c1-31(16-14-21-8-3-2-4-9-21)17-15-30-27(33)20-32-24-12-5-6-13-25(24)35-26(28(32)34)19-22-10-7-11-23(29)18-22/h2-13,18-19H,14-17,20H2,1H3,(H,30,33). The summed E-state index contributed by atoms with van der Waals surface area (Å²) in [7, 11) is 2.05. The Morgan fingerprint density at radius 3 is 2.60 bits per heavy atom. The molecule has 0 atom stereocenters. The Kier molecular flexibility index (Phi) is 8.64. The van der Waals surface area contributed by atoms with Gasteiger partial charge < -0.3 is 10.2 Å². The second-order valence-corrected chi connectivity index (χ2v) is 9.93. The quantitative estimate of drug-likeness (QED) is 0.410. The lowest BCUT2D eigenvalue weighted by atomic mass is 10.1. The van der Waals surface area contributed by atoms with Gasteiger partial charge in [-0.1, -0.05) is 78.0 Å². The van der Waals surface area contributed by atoms with Crippen molar-refractivity contribution in [1.82, 2.24) is 10.2 Å². The number of benzene rings is 3. The highest BCUT2D eigenvalue weighted by Gasteiger charge is 2.30. The Morgan fingerprint density at radius 1 is 1.03 bits per heavy atom. The number of carbonyl (C=O) groups excluding carboxylic acids is 2. The summed E-state index contributed by atoms with van der Waals surface area (Å²) in [6.07, 6.45) is 2.78. The first-order chi connectivity index (χ1) is 17.0. The number of rotatable bonds is 9. The van der Waals surface area contributed by atoms with Crippen molar-refractivity contribution >= 4 is 46.9 Å². The van der Waals surface area contributed by atoms with Crippen LogP contribution < -0.4 is 10.2 Å². The van der Waals surface area contributed by atoms with E-state index < -0.39 is 0 Å². The van der Waals surface area contributed by atoms with E-state index in [1.54, 1.807) is 11.0 Å². The molecule has 0 fully saturated rings. The molecule has 180 valence electrons. The van der Waals surface area contributed by atoms with Gasteiger partial charge in [-0.15, -0.1) is 0 Å². The molecule has 3 aromatic carbocycles. The van der Waals surface area contributed by atoms with E-state index in [9.17, 15) is 9.59 Å². The van der Waals surface area contributed by atoms with E-state index in [4.69, 9.17) is 11.6 Å². The van der Waals surface area contributed by atoms with Crippen LogP contribution >= 0.6 is 23.4 Å². The number of halogens is 1. The molecule has 0 saturated carbocycles. The van der Waals surface area contributed by atoms with E-state index in [1.165, 1.54) is 17.3 Å². The van der Waals surface area contributed by atoms with E-state index >= 15 is 0 Å². The molecular formula is C28H28ClN3O2S. The zero-order valence-electron chi connectivity index (χ0n) is 19.6. The van der Waals surface area contributed by atoms with E-state index in [-0.39, 0.29) is 18.4 Å². The van der Waals surface area contributed by atoms with Crippen LogP contribution in [0, 0.1) is 0 Å². The summed E-state index contributed by atoms with van der Waals surface area (Å²) in [6.45, 7) is 2.14. The molecule has 0 bridgehead atoms. The maximum atomic E-state index is 13.3. The molecule has 1 heterocycles. The predicted molar refractivity (Wildman–Crippen MR) is 145 cm³/mol. The predicted octanol–water partition coefficient (Wildman–Crippen LogP) is 5.11. The smallest absolute Gasteiger partial charge is 0.265 e. The summed E-state index contributed by atoms with van der Waals surface area (Å²) in [4.78, 5) is 31.3. The van der Waals surface area contributed by atoms with Gasteiger partial charge in [0.05, 0.1) is 10.6 Å². The average molecular weight is 506 g/mol. The van der Waals surface area contributed by atoms with Crippen molar-refractivity contribution < 1.29 is 9.59 Å².